The van der Waals surface area contributed by atoms with E-state index in [1.165, 1.54) is 0 Å². The normalized spacial score (nSPS) is 17.7. The summed E-state index contributed by atoms with van der Waals surface area (Å²) in [4.78, 5) is 59.5. The van der Waals surface area contributed by atoms with Gasteiger partial charge in [-0.15, -0.1) is 0 Å². The minimum absolute atomic E-state index is 0.00435. The molecule has 0 aliphatic carbocycles. The van der Waals surface area contributed by atoms with Gasteiger partial charge in [0.25, 0.3) is 11.8 Å². The fourth-order valence-electron chi connectivity index (χ4n) is 10.1. The molecule has 0 aromatic heterocycles. The van der Waals surface area contributed by atoms with E-state index < -0.39 is 0 Å². The van der Waals surface area contributed by atoms with Crippen molar-refractivity contribution in [1.29, 1.82) is 0 Å². The molecule has 20 heteroatoms. The van der Waals surface area contributed by atoms with Crippen LogP contribution in [0.5, 0.6) is 0 Å². The number of hydrogen-bond donors (Lipinski definition) is 4. The van der Waals surface area contributed by atoms with Crippen LogP contribution in [0.15, 0.2) is 60.7 Å². The first-order chi connectivity index (χ1) is 35.7. The highest BCUT2D eigenvalue weighted by Gasteiger charge is 2.33. The number of fused-ring (bicyclic) bond motifs is 4. The third kappa shape index (κ3) is 14.4. The zero-order valence-corrected chi connectivity index (χ0v) is 45.2. The molecule has 4 aliphatic rings. The molecule has 4 N–H and O–H groups in total. The van der Waals surface area contributed by atoms with Crippen LogP contribution in [0.3, 0.4) is 0 Å². The van der Waals surface area contributed by atoms with Crippen molar-refractivity contribution in [3.05, 3.63) is 136 Å². The number of amides is 6. The van der Waals surface area contributed by atoms with Crippen molar-refractivity contribution >= 4 is 70.3 Å². The summed E-state index contributed by atoms with van der Waals surface area (Å²) < 4.78 is 22.7. The number of ether oxygens (including phenoxy) is 4. The fourth-order valence-corrected chi connectivity index (χ4v) is 11.2. The van der Waals surface area contributed by atoms with E-state index in [4.69, 9.17) is 65.4 Å². The van der Waals surface area contributed by atoms with Gasteiger partial charge in [-0.2, -0.15) is 0 Å². The Balaban J connectivity index is 0.599. The van der Waals surface area contributed by atoms with Crippen LogP contribution < -0.4 is 21.3 Å². The summed E-state index contributed by atoms with van der Waals surface area (Å²) in [6.07, 6.45) is 0.534. The Bertz CT molecular complexity index is 2660. The first-order valence-electron chi connectivity index (χ1n) is 25.3. The lowest BCUT2D eigenvalue weighted by Gasteiger charge is -2.33. The molecule has 0 saturated carbocycles. The number of carbonyl (C=O) groups excluding carboxylic acids is 4. The SMILES string of the molecule is C[C@H](CCNC(=O)NCCOCCOCCN1Cc2ccc(C3CN(C)Cc4c(Cl)cc(Cl)cc43)cc2C1=O)NC(=O)NCCOCCOCCN1Cc2ccc(C3CN(C)Cc4c(Cl)cc(Cl)cc43)cc2C1=O. The minimum Gasteiger partial charge on any atom is -0.377 e. The number of urea groups is 2. The Morgan fingerprint density at radius 1 is 0.568 bits per heavy atom. The maximum Gasteiger partial charge on any atom is 0.315 e. The maximum atomic E-state index is 13.4. The maximum absolute atomic E-state index is 13.4. The van der Waals surface area contributed by atoms with Gasteiger partial charge < -0.3 is 59.8 Å². The van der Waals surface area contributed by atoms with E-state index in [2.05, 4.69) is 57.3 Å². The number of halogens is 4. The van der Waals surface area contributed by atoms with E-state index in [1.807, 2.05) is 43.3 Å². The number of likely N-dealkylation sites (N-methyl/N-ethyl adjacent to an activating group) is 2. The number of benzene rings is 4. The van der Waals surface area contributed by atoms with Crippen molar-refractivity contribution in [3.8, 4) is 0 Å². The molecule has 4 heterocycles. The van der Waals surface area contributed by atoms with Gasteiger partial charge in [-0.05, 0) is 108 Å². The molecule has 16 nitrogen and oxygen atoms in total. The lowest BCUT2D eigenvalue weighted by atomic mass is 9.84. The molecule has 0 spiro atoms. The van der Waals surface area contributed by atoms with Crippen LogP contribution in [0, 0.1) is 0 Å². The van der Waals surface area contributed by atoms with Crippen molar-refractivity contribution in [2.24, 2.45) is 0 Å². The monoisotopic (exact) mass is 1090 g/mol. The smallest absolute Gasteiger partial charge is 0.315 e. The highest BCUT2D eigenvalue weighted by molar-refractivity contribution is 6.35. The third-order valence-corrected chi connectivity index (χ3v) is 15.0. The first-order valence-corrected chi connectivity index (χ1v) is 26.8. The van der Waals surface area contributed by atoms with Crippen LogP contribution in [0.4, 0.5) is 9.59 Å². The molecule has 4 aromatic rings. The second-order valence-electron chi connectivity index (χ2n) is 19.4. The number of nitrogens with one attached hydrogen (secondary N) is 4. The Labute approximate surface area is 453 Å². The van der Waals surface area contributed by atoms with Gasteiger partial charge >= 0.3 is 12.1 Å². The van der Waals surface area contributed by atoms with Crippen molar-refractivity contribution in [1.82, 2.24) is 40.9 Å². The summed E-state index contributed by atoms with van der Waals surface area (Å²) in [5.74, 6) is 0.103. The van der Waals surface area contributed by atoms with Crippen molar-refractivity contribution in [2.75, 3.05) is 113 Å². The summed E-state index contributed by atoms with van der Waals surface area (Å²) in [7, 11) is 4.14. The number of hydrogen-bond acceptors (Lipinski definition) is 10. The lowest BCUT2D eigenvalue weighted by molar-refractivity contribution is 0.0377. The average molecular weight is 1100 g/mol. The quantitative estimate of drug-likeness (QED) is 0.0517. The van der Waals surface area contributed by atoms with Crippen LogP contribution in [0.25, 0.3) is 0 Å². The van der Waals surface area contributed by atoms with Gasteiger partial charge in [-0.3, -0.25) is 9.59 Å². The molecule has 0 saturated heterocycles. The van der Waals surface area contributed by atoms with E-state index in [9.17, 15) is 19.2 Å². The predicted molar refractivity (Wildman–Crippen MR) is 287 cm³/mol. The summed E-state index contributed by atoms with van der Waals surface area (Å²) in [6, 6.07) is 19.1. The van der Waals surface area contributed by atoms with Crippen molar-refractivity contribution in [3.63, 3.8) is 0 Å². The molecule has 3 atom stereocenters. The topological polar surface area (TPSA) is 166 Å². The van der Waals surface area contributed by atoms with Crippen LogP contribution >= 0.6 is 46.4 Å². The van der Waals surface area contributed by atoms with E-state index in [-0.39, 0.29) is 41.8 Å². The van der Waals surface area contributed by atoms with Crippen LogP contribution in [0.1, 0.15) is 90.4 Å². The number of carbonyl (C=O) groups is 4. The Hall–Kier alpha value is -4.72. The van der Waals surface area contributed by atoms with E-state index in [0.29, 0.717) is 125 Å². The Kier molecular flexibility index (Phi) is 19.8. The summed E-state index contributed by atoms with van der Waals surface area (Å²) in [5, 5.41) is 13.7. The molecule has 398 valence electrons. The minimum atomic E-state index is -0.326. The zero-order valence-electron chi connectivity index (χ0n) is 42.2. The molecule has 0 fully saturated rings. The highest BCUT2D eigenvalue weighted by Crippen LogP contribution is 2.41. The standard InChI is InChI=1S/C54H66Cl4N8O8/c1-34(62-54(70)61-11-15-72-19-21-74-17-13-66-29-38-7-5-36(23-42(38)52(66)68)46-31-64(3)33-48-44(46)25-40(56)27-50(48)58)8-9-59-53(69)60-10-14-71-18-20-73-16-12-65-28-37-6-4-35(22-41(37)51(65)67)45-30-63(2)32-47-43(45)24-39(55)26-49(47)57/h4-7,22-27,34,45-46H,8-21,28-33H2,1-3H3,(H2,59,60,69)(H2,61,62,70)/t34-,45?,46?/m1/s1. The van der Waals surface area contributed by atoms with Crippen LogP contribution in [0.2, 0.25) is 20.1 Å². The molecule has 6 amide bonds. The largest absolute Gasteiger partial charge is 0.377 e. The van der Waals surface area contributed by atoms with E-state index in [1.54, 1.807) is 21.9 Å². The summed E-state index contributed by atoms with van der Waals surface area (Å²) >= 11 is 25.9. The van der Waals surface area contributed by atoms with Crippen molar-refractivity contribution in [2.45, 2.75) is 57.4 Å². The molecular formula is C54H66Cl4N8O8. The van der Waals surface area contributed by atoms with Gasteiger partial charge in [0.2, 0.25) is 0 Å². The molecule has 2 unspecified atom stereocenters. The van der Waals surface area contributed by atoms with Crippen LogP contribution in [-0.2, 0) is 45.1 Å². The lowest BCUT2D eigenvalue weighted by Crippen LogP contribution is -2.44. The fraction of sp³-hybridized carbons (Fsp3) is 0.481. The first kappa shape index (κ1) is 55.5. The van der Waals surface area contributed by atoms with Gasteiger partial charge in [0.05, 0.1) is 52.9 Å². The Morgan fingerprint density at radius 3 is 1.47 bits per heavy atom. The highest BCUT2D eigenvalue weighted by atomic mass is 35.5. The molecule has 74 heavy (non-hydrogen) atoms. The molecule has 4 aromatic carbocycles. The van der Waals surface area contributed by atoms with Gasteiger partial charge in [-0.25, -0.2) is 9.59 Å². The Morgan fingerprint density at radius 2 is 1.00 bits per heavy atom. The van der Waals surface area contributed by atoms with Gasteiger partial charge in [0.15, 0.2) is 0 Å². The molecule has 0 bridgehead atoms. The third-order valence-electron chi connectivity index (χ3n) is 13.9. The van der Waals surface area contributed by atoms with Gasteiger partial charge in [-0.1, -0.05) is 70.7 Å². The second kappa shape index (κ2) is 26.4. The summed E-state index contributed by atoms with van der Waals surface area (Å²) in [6.45, 7) is 10.8. The van der Waals surface area contributed by atoms with Crippen molar-refractivity contribution < 1.29 is 38.1 Å². The molecule has 8 rings (SSSR count). The van der Waals surface area contributed by atoms with E-state index >= 15 is 0 Å². The number of rotatable bonds is 24. The average Bonchev–Trinajstić information content (AvgIpc) is 3.85. The zero-order chi connectivity index (χ0) is 52.3. The second-order valence-corrected chi connectivity index (χ2v) is 21.1. The van der Waals surface area contributed by atoms with Gasteiger partial charge in [0, 0.05) is 121 Å². The summed E-state index contributed by atoms with van der Waals surface area (Å²) in [5.41, 5.74) is 9.95. The molecule has 0 radical (unpaired) electrons. The van der Waals surface area contributed by atoms with Crippen LogP contribution in [-0.4, -0.2) is 162 Å². The van der Waals surface area contributed by atoms with E-state index in [0.717, 1.165) is 81.8 Å². The molecule has 4 aliphatic heterocycles. The molecular weight excluding hydrogens is 1030 g/mol. The van der Waals surface area contributed by atoms with Gasteiger partial charge in [0.1, 0.15) is 0 Å². The predicted octanol–water partition coefficient (Wildman–Crippen LogP) is 7.51. The number of nitrogens with zero attached hydrogens (tertiary/aromatic N) is 4.